The van der Waals surface area contributed by atoms with E-state index >= 15 is 0 Å². The molecule has 0 amide bonds. The van der Waals surface area contributed by atoms with Crippen molar-refractivity contribution in [2.24, 2.45) is 0 Å². The van der Waals surface area contributed by atoms with Crippen LogP contribution in [-0.4, -0.2) is 62.3 Å². The molecule has 0 aromatic carbocycles. The Kier molecular flexibility index (Phi) is 5.42. The first-order valence-corrected chi connectivity index (χ1v) is 9.41. The van der Waals surface area contributed by atoms with Crippen LogP contribution in [0.25, 0.3) is 0 Å². The quantitative estimate of drug-likeness (QED) is 0.788. The Morgan fingerprint density at radius 1 is 1.48 bits per heavy atom. The number of nitrogens with two attached hydrogens (primary N) is 1. The molecule has 1 aliphatic rings. The van der Waals surface area contributed by atoms with Gasteiger partial charge in [0.1, 0.15) is 9.90 Å². The minimum atomic E-state index is -3.37. The fourth-order valence-corrected chi connectivity index (χ4v) is 4.54. The minimum absolute atomic E-state index is 0.0160. The molecule has 1 fully saturated rings. The molecular weight excluding hydrogens is 312 g/mol. The second-order valence-corrected chi connectivity index (χ2v) is 8.08. The molecule has 0 radical (unpaired) electrons. The third-order valence-electron chi connectivity index (χ3n) is 3.38. The average Bonchev–Trinajstić information content (AvgIpc) is 2.81. The topological polar surface area (TPSA) is 97.5 Å². The summed E-state index contributed by atoms with van der Waals surface area (Å²) in [6.45, 7) is 7.74. The highest BCUT2D eigenvalue weighted by Gasteiger charge is 2.25. The van der Waals surface area contributed by atoms with Crippen molar-refractivity contribution in [1.82, 2.24) is 9.27 Å². The second kappa shape index (κ2) is 6.91. The molecule has 1 unspecified atom stereocenters. The summed E-state index contributed by atoms with van der Waals surface area (Å²) in [6, 6.07) is 0.105. The van der Waals surface area contributed by atoms with Crippen LogP contribution in [-0.2, 0) is 14.6 Å². The van der Waals surface area contributed by atoms with Crippen LogP contribution in [0.4, 0.5) is 10.8 Å². The number of rotatable bonds is 6. The number of ether oxygens (including phenoxy) is 1. The number of anilines is 2. The minimum Gasteiger partial charge on any atom is -0.382 e. The van der Waals surface area contributed by atoms with Gasteiger partial charge in [-0.05, 0) is 18.5 Å². The van der Waals surface area contributed by atoms with Gasteiger partial charge in [0.15, 0.2) is 15.7 Å². The number of sulfone groups is 1. The van der Waals surface area contributed by atoms with E-state index in [1.807, 2.05) is 6.92 Å². The van der Waals surface area contributed by atoms with Crippen molar-refractivity contribution in [2.45, 2.75) is 24.8 Å². The number of nitrogens with one attached hydrogen (secondary N) is 1. The lowest BCUT2D eigenvalue weighted by molar-refractivity contribution is 0.0368. The van der Waals surface area contributed by atoms with Gasteiger partial charge < -0.3 is 15.8 Å². The van der Waals surface area contributed by atoms with Crippen molar-refractivity contribution in [3.05, 3.63) is 0 Å². The van der Waals surface area contributed by atoms with E-state index in [-0.39, 0.29) is 22.5 Å². The summed E-state index contributed by atoms with van der Waals surface area (Å²) in [4.78, 5) is 2.43. The lowest BCUT2D eigenvalue weighted by Gasteiger charge is -2.29. The Morgan fingerprint density at radius 2 is 2.14 bits per heavy atom. The van der Waals surface area contributed by atoms with Crippen molar-refractivity contribution in [2.75, 3.05) is 49.7 Å². The summed E-state index contributed by atoms with van der Waals surface area (Å²) in [7, 11) is -3.37. The summed E-state index contributed by atoms with van der Waals surface area (Å²) < 4.78 is 33.5. The molecule has 7 nitrogen and oxygen atoms in total. The zero-order chi connectivity index (χ0) is 15.5. The molecule has 1 atom stereocenters. The van der Waals surface area contributed by atoms with Crippen molar-refractivity contribution < 1.29 is 13.2 Å². The largest absolute Gasteiger partial charge is 0.382 e. The van der Waals surface area contributed by atoms with Crippen LogP contribution < -0.4 is 11.1 Å². The van der Waals surface area contributed by atoms with Crippen LogP contribution >= 0.6 is 11.5 Å². The molecule has 0 aliphatic carbocycles. The summed E-state index contributed by atoms with van der Waals surface area (Å²) >= 11 is 1.10. The van der Waals surface area contributed by atoms with Gasteiger partial charge in [-0.3, -0.25) is 4.90 Å². The monoisotopic (exact) mass is 334 g/mol. The molecule has 120 valence electrons. The third kappa shape index (κ3) is 4.06. The van der Waals surface area contributed by atoms with Crippen LogP contribution in [0.1, 0.15) is 13.8 Å². The van der Waals surface area contributed by atoms with Crippen molar-refractivity contribution >= 4 is 32.2 Å². The molecule has 1 aromatic heterocycles. The summed E-state index contributed by atoms with van der Waals surface area (Å²) in [5.74, 6) is 0.102. The SMILES string of the molecule is CCS(=O)(=O)c1c(N)nsc1NC(C)CN1CCOCC1. The molecule has 3 N–H and O–H groups in total. The number of hydrogen-bond donors (Lipinski definition) is 2. The Bertz CT molecular complexity index is 567. The molecule has 1 aromatic rings. The lowest BCUT2D eigenvalue weighted by Crippen LogP contribution is -2.42. The predicted molar refractivity (Wildman–Crippen MR) is 84.6 cm³/mol. The van der Waals surface area contributed by atoms with Crippen LogP contribution in [0, 0.1) is 0 Å². The number of nitrogen functional groups attached to an aromatic ring is 1. The highest BCUT2D eigenvalue weighted by Crippen LogP contribution is 2.32. The van der Waals surface area contributed by atoms with Gasteiger partial charge in [-0.2, -0.15) is 4.37 Å². The van der Waals surface area contributed by atoms with E-state index in [0.717, 1.165) is 44.4 Å². The third-order valence-corrected chi connectivity index (χ3v) is 6.10. The van der Waals surface area contributed by atoms with Crippen LogP contribution in [0.15, 0.2) is 4.90 Å². The molecule has 1 saturated heterocycles. The summed E-state index contributed by atoms with van der Waals surface area (Å²) in [5.41, 5.74) is 5.72. The summed E-state index contributed by atoms with van der Waals surface area (Å²) in [6.07, 6.45) is 0. The van der Waals surface area contributed by atoms with Gasteiger partial charge in [0.25, 0.3) is 0 Å². The second-order valence-electron chi connectivity index (χ2n) is 5.09. The van der Waals surface area contributed by atoms with Gasteiger partial charge in [0.05, 0.1) is 19.0 Å². The zero-order valence-electron chi connectivity index (χ0n) is 12.3. The Morgan fingerprint density at radius 3 is 2.76 bits per heavy atom. The van der Waals surface area contributed by atoms with E-state index in [1.165, 1.54) is 0 Å². The van der Waals surface area contributed by atoms with Crippen molar-refractivity contribution in [3.8, 4) is 0 Å². The zero-order valence-corrected chi connectivity index (χ0v) is 14.0. The Labute approximate surface area is 129 Å². The van der Waals surface area contributed by atoms with E-state index in [2.05, 4.69) is 14.6 Å². The van der Waals surface area contributed by atoms with Crippen LogP contribution in [0.3, 0.4) is 0 Å². The molecule has 21 heavy (non-hydrogen) atoms. The first kappa shape index (κ1) is 16.5. The molecule has 2 rings (SSSR count). The number of aromatic nitrogens is 1. The maximum absolute atomic E-state index is 12.1. The highest BCUT2D eigenvalue weighted by molar-refractivity contribution is 7.91. The van der Waals surface area contributed by atoms with E-state index in [1.54, 1.807) is 6.92 Å². The van der Waals surface area contributed by atoms with Gasteiger partial charge in [-0.1, -0.05) is 6.92 Å². The van der Waals surface area contributed by atoms with Gasteiger partial charge in [-0.15, -0.1) is 0 Å². The maximum atomic E-state index is 12.1. The molecular formula is C12H22N4O3S2. The molecule has 0 bridgehead atoms. The molecule has 0 spiro atoms. The first-order valence-electron chi connectivity index (χ1n) is 6.98. The van der Waals surface area contributed by atoms with Crippen LogP contribution in [0.2, 0.25) is 0 Å². The smallest absolute Gasteiger partial charge is 0.184 e. The fraction of sp³-hybridized carbons (Fsp3) is 0.750. The molecule has 0 saturated carbocycles. The molecule has 9 heteroatoms. The predicted octanol–water partition coefficient (Wildman–Crippen LogP) is 0.652. The van der Waals surface area contributed by atoms with Gasteiger partial charge in [0, 0.05) is 25.7 Å². The van der Waals surface area contributed by atoms with Gasteiger partial charge in [-0.25, -0.2) is 8.42 Å². The average molecular weight is 334 g/mol. The standard InChI is InChI=1S/C12H22N4O3S2/c1-3-21(17,18)10-11(13)15-20-12(10)14-9(2)8-16-4-6-19-7-5-16/h9,14H,3-8H2,1-2H3,(H2,13,15). The summed E-state index contributed by atoms with van der Waals surface area (Å²) in [5, 5.41) is 3.77. The van der Waals surface area contributed by atoms with Crippen LogP contribution in [0.5, 0.6) is 0 Å². The van der Waals surface area contributed by atoms with Gasteiger partial charge >= 0.3 is 0 Å². The van der Waals surface area contributed by atoms with Crippen molar-refractivity contribution in [1.29, 1.82) is 0 Å². The lowest BCUT2D eigenvalue weighted by atomic mass is 10.3. The Hall–Kier alpha value is -0.900. The normalized spacial score (nSPS) is 18.6. The van der Waals surface area contributed by atoms with E-state index in [0.29, 0.717) is 5.00 Å². The number of hydrogen-bond acceptors (Lipinski definition) is 8. The van der Waals surface area contributed by atoms with E-state index < -0.39 is 9.84 Å². The first-order chi connectivity index (χ1) is 9.94. The maximum Gasteiger partial charge on any atom is 0.184 e. The van der Waals surface area contributed by atoms with E-state index in [9.17, 15) is 8.42 Å². The molecule has 2 heterocycles. The Balaban J connectivity index is 2.05. The van der Waals surface area contributed by atoms with E-state index in [4.69, 9.17) is 10.5 Å². The number of nitrogens with zero attached hydrogens (tertiary/aromatic N) is 2. The number of morpholine rings is 1. The van der Waals surface area contributed by atoms with Crippen molar-refractivity contribution in [3.63, 3.8) is 0 Å². The molecule has 1 aliphatic heterocycles. The fourth-order valence-electron chi connectivity index (χ4n) is 2.27. The van der Waals surface area contributed by atoms with Gasteiger partial charge in [0.2, 0.25) is 0 Å². The highest BCUT2D eigenvalue weighted by atomic mass is 32.2.